The van der Waals surface area contributed by atoms with Gasteiger partial charge >= 0.3 is 11.7 Å². The second-order valence-corrected chi connectivity index (χ2v) is 7.52. The summed E-state index contributed by atoms with van der Waals surface area (Å²) in [7, 11) is 0. The number of nitro groups is 1. The van der Waals surface area contributed by atoms with Crippen LogP contribution in [0.4, 0.5) is 10.1 Å². The molecule has 3 rings (SSSR count). The summed E-state index contributed by atoms with van der Waals surface area (Å²) < 4.78 is 21.3. The van der Waals surface area contributed by atoms with E-state index in [1.54, 1.807) is 25.1 Å². The molecule has 0 aliphatic rings. The number of ketones is 1. The second kappa shape index (κ2) is 9.13. The lowest BCUT2D eigenvalue weighted by Crippen LogP contribution is -2.20. The normalized spacial score (nSPS) is 10.9. The summed E-state index contributed by atoms with van der Waals surface area (Å²) in [5.41, 5.74) is 3.16. The van der Waals surface area contributed by atoms with Gasteiger partial charge in [0.1, 0.15) is 23.7 Å². The molecule has 0 saturated heterocycles. The number of hydrogen-bond acceptors (Lipinski definition) is 6. The molecule has 0 aliphatic heterocycles. The summed E-state index contributed by atoms with van der Waals surface area (Å²) in [6, 6.07) is 7.85. The van der Waals surface area contributed by atoms with Crippen molar-refractivity contribution >= 4 is 17.4 Å². The zero-order valence-electron chi connectivity index (χ0n) is 18.2. The molecule has 0 unspecified atom stereocenters. The van der Waals surface area contributed by atoms with Crippen LogP contribution in [0.3, 0.4) is 0 Å². The maximum absolute atomic E-state index is 13.1. The summed E-state index contributed by atoms with van der Waals surface area (Å²) >= 11 is 0. The van der Waals surface area contributed by atoms with Crippen molar-refractivity contribution < 1.29 is 23.6 Å². The number of ether oxygens (including phenoxy) is 1. The van der Waals surface area contributed by atoms with Gasteiger partial charge in [-0.25, -0.2) is 4.39 Å². The predicted octanol–water partition coefficient (Wildman–Crippen LogP) is 3.44. The van der Waals surface area contributed by atoms with Crippen LogP contribution < -0.4 is 0 Å². The van der Waals surface area contributed by atoms with Gasteiger partial charge in [0.05, 0.1) is 4.92 Å². The second-order valence-electron chi connectivity index (χ2n) is 7.52. The van der Waals surface area contributed by atoms with Crippen LogP contribution in [-0.2, 0) is 22.6 Å². The Bertz CT molecular complexity index is 1190. The van der Waals surface area contributed by atoms with Gasteiger partial charge in [0.15, 0.2) is 6.61 Å². The number of aryl methyl sites for hydroxylation is 2. The van der Waals surface area contributed by atoms with Gasteiger partial charge < -0.3 is 9.30 Å². The Hall–Kier alpha value is -3.82. The van der Waals surface area contributed by atoms with Gasteiger partial charge in [-0.15, -0.1) is 0 Å². The van der Waals surface area contributed by atoms with Crippen LogP contribution in [0.5, 0.6) is 0 Å². The molecule has 32 heavy (non-hydrogen) atoms. The van der Waals surface area contributed by atoms with E-state index in [1.807, 2.05) is 11.5 Å². The number of aromatic nitrogens is 3. The van der Waals surface area contributed by atoms with E-state index in [2.05, 4.69) is 5.10 Å². The van der Waals surface area contributed by atoms with Crippen LogP contribution in [0, 0.1) is 43.6 Å². The molecule has 0 amide bonds. The number of nitrogens with zero attached hydrogens (tertiary/aromatic N) is 4. The van der Waals surface area contributed by atoms with E-state index in [9.17, 15) is 24.1 Å². The molecule has 2 aromatic heterocycles. The summed E-state index contributed by atoms with van der Waals surface area (Å²) in [6.07, 6.45) is 0. The minimum absolute atomic E-state index is 0.150. The average Bonchev–Trinajstić information content (AvgIpc) is 3.17. The lowest BCUT2D eigenvalue weighted by molar-refractivity contribution is -0.386. The average molecular weight is 442 g/mol. The van der Waals surface area contributed by atoms with Crippen molar-refractivity contribution in [2.45, 2.75) is 40.8 Å². The minimum atomic E-state index is -0.723. The smallest absolute Gasteiger partial charge is 0.328 e. The van der Waals surface area contributed by atoms with Crippen molar-refractivity contribution in [3.05, 3.63) is 80.2 Å². The molecule has 0 N–H and O–H groups in total. The number of esters is 1. The number of benzene rings is 1. The summed E-state index contributed by atoms with van der Waals surface area (Å²) in [5, 5.41) is 15.1. The van der Waals surface area contributed by atoms with Crippen LogP contribution in [0.15, 0.2) is 30.3 Å². The van der Waals surface area contributed by atoms with E-state index < -0.39 is 17.5 Å². The first-order valence-corrected chi connectivity index (χ1v) is 9.87. The van der Waals surface area contributed by atoms with E-state index in [0.717, 1.165) is 11.3 Å². The SMILES string of the molecule is Cc1nn(CC(=O)OCC(=O)c2cc(C)n(Cc3ccc(F)cc3)c2C)c(C)c1[N+](=O)[O-]. The molecule has 0 aliphatic carbocycles. The molecule has 9 nitrogen and oxygen atoms in total. The van der Waals surface area contributed by atoms with E-state index in [-0.39, 0.29) is 35.2 Å². The van der Waals surface area contributed by atoms with Crippen LogP contribution in [0.2, 0.25) is 0 Å². The van der Waals surface area contributed by atoms with E-state index in [4.69, 9.17) is 4.74 Å². The number of carbonyl (C=O) groups excluding carboxylic acids is 2. The Morgan fingerprint density at radius 2 is 1.78 bits per heavy atom. The van der Waals surface area contributed by atoms with Crippen LogP contribution >= 0.6 is 0 Å². The molecule has 0 saturated carbocycles. The molecule has 10 heteroatoms. The molecule has 168 valence electrons. The van der Waals surface area contributed by atoms with Gasteiger partial charge in [-0.1, -0.05) is 12.1 Å². The number of Topliss-reactive ketones (excluding diaryl/α,β-unsaturated/α-hetero) is 1. The molecule has 2 heterocycles. The fraction of sp³-hybridized carbons (Fsp3) is 0.318. The number of carbonyl (C=O) groups is 2. The molecular weight excluding hydrogens is 419 g/mol. The van der Waals surface area contributed by atoms with Crippen LogP contribution in [-0.4, -0.2) is 37.6 Å². The first-order chi connectivity index (χ1) is 15.1. The van der Waals surface area contributed by atoms with Gasteiger partial charge in [0, 0.05) is 23.5 Å². The van der Waals surface area contributed by atoms with Gasteiger partial charge in [-0.2, -0.15) is 5.10 Å². The molecule has 0 spiro atoms. The Morgan fingerprint density at radius 1 is 1.12 bits per heavy atom. The van der Waals surface area contributed by atoms with E-state index >= 15 is 0 Å². The third-order valence-electron chi connectivity index (χ3n) is 5.30. The lowest BCUT2D eigenvalue weighted by Gasteiger charge is -2.10. The van der Waals surface area contributed by atoms with Crippen LogP contribution in [0.25, 0.3) is 0 Å². The van der Waals surface area contributed by atoms with Gasteiger partial charge in [-0.3, -0.25) is 24.4 Å². The maximum Gasteiger partial charge on any atom is 0.328 e. The number of rotatable bonds is 8. The standard InChI is InChI=1S/C22H23FN4O5/c1-13-9-19(15(3)25(13)10-17-5-7-18(23)8-6-17)20(28)12-32-21(29)11-26-16(4)22(27(30)31)14(2)24-26/h5-9H,10-12H2,1-4H3. The Morgan fingerprint density at radius 3 is 2.38 bits per heavy atom. The van der Waals surface area contributed by atoms with Crippen molar-refractivity contribution in [2.24, 2.45) is 0 Å². The monoisotopic (exact) mass is 442 g/mol. The van der Waals surface area contributed by atoms with Crippen LogP contribution in [0.1, 0.15) is 38.7 Å². The van der Waals surface area contributed by atoms with E-state index in [1.165, 1.54) is 30.7 Å². The highest BCUT2D eigenvalue weighted by Crippen LogP contribution is 2.22. The predicted molar refractivity (Wildman–Crippen MR) is 113 cm³/mol. The fourth-order valence-corrected chi connectivity index (χ4v) is 3.60. The summed E-state index contributed by atoms with van der Waals surface area (Å²) in [5.74, 6) is -1.41. The van der Waals surface area contributed by atoms with Gasteiger partial charge in [0.2, 0.25) is 5.78 Å². The highest BCUT2D eigenvalue weighted by atomic mass is 19.1. The van der Waals surface area contributed by atoms with Crippen molar-refractivity contribution in [3.63, 3.8) is 0 Å². The zero-order valence-corrected chi connectivity index (χ0v) is 18.2. The lowest BCUT2D eigenvalue weighted by atomic mass is 10.1. The Labute approximate surface area is 183 Å². The maximum atomic E-state index is 13.1. The summed E-state index contributed by atoms with van der Waals surface area (Å²) in [4.78, 5) is 35.4. The van der Waals surface area contributed by atoms with Crippen molar-refractivity contribution in [1.82, 2.24) is 14.3 Å². The molecule has 1 aromatic carbocycles. The Balaban J connectivity index is 1.65. The molecule has 3 aromatic rings. The van der Waals surface area contributed by atoms with Crippen molar-refractivity contribution in [3.8, 4) is 0 Å². The zero-order chi connectivity index (χ0) is 23.6. The number of hydrogen-bond donors (Lipinski definition) is 0. The largest absolute Gasteiger partial charge is 0.456 e. The quantitative estimate of drug-likeness (QED) is 0.229. The topological polar surface area (TPSA) is 109 Å². The highest BCUT2D eigenvalue weighted by Gasteiger charge is 2.24. The molecule has 0 atom stereocenters. The minimum Gasteiger partial charge on any atom is -0.456 e. The highest BCUT2D eigenvalue weighted by molar-refractivity contribution is 5.99. The Kier molecular flexibility index (Phi) is 6.52. The fourth-order valence-electron chi connectivity index (χ4n) is 3.60. The third kappa shape index (κ3) is 4.74. The molecule has 0 radical (unpaired) electrons. The van der Waals surface area contributed by atoms with E-state index in [0.29, 0.717) is 17.8 Å². The molecule has 0 fully saturated rings. The van der Waals surface area contributed by atoms with Crippen molar-refractivity contribution in [1.29, 1.82) is 0 Å². The first kappa shape index (κ1) is 22.9. The third-order valence-corrected chi connectivity index (χ3v) is 5.30. The first-order valence-electron chi connectivity index (χ1n) is 9.87. The molecular formula is C22H23FN4O5. The molecule has 0 bridgehead atoms. The van der Waals surface area contributed by atoms with Crippen molar-refractivity contribution in [2.75, 3.05) is 6.61 Å². The number of halogens is 1. The van der Waals surface area contributed by atoms with Gasteiger partial charge in [-0.05, 0) is 51.5 Å². The summed E-state index contributed by atoms with van der Waals surface area (Å²) in [6.45, 7) is 6.31. The van der Waals surface area contributed by atoms with Gasteiger partial charge in [0.25, 0.3) is 0 Å².